The molecule has 0 amide bonds. The van der Waals surface area contributed by atoms with E-state index >= 15 is 0 Å². The standard InChI is InChI=1S/C19H20ClN3O5S.C2HF3O/c1-5-29(24,25)11-6-7-12(20)13(8-11)23-19-16-14(21-10-22-19)9-15(26-2)17(27-3)18(16)28-4;3-2(4,5)1-6/h6-10H,5H2,1-4H3,(H,21,22,23);1H. The van der Waals surface area contributed by atoms with Crippen molar-refractivity contribution < 1.29 is 40.6 Å². The molecule has 0 radical (unpaired) electrons. The van der Waals surface area contributed by atoms with Crippen LogP contribution >= 0.6 is 11.6 Å². The van der Waals surface area contributed by atoms with Gasteiger partial charge >= 0.3 is 6.18 Å². The minimum atomic E-state index is -4.64. The summed E-state index contributed by atoms with van der Waals surface area (Å²) in [5.41, 5.74) is 0.934. The highest BCUT2D eigenvalue weighted by molar-refractivity contribution is 7.91. The van der Waals surface area contributed by atoms with E-state index in [0.717, 1.165) is 0 Å². The van der Waals surface area contributed by atoms with Crippen molar-refractivity contribution >= 4 is 50.1 Å². The van der Waals surface area contributed by atoms with E-state index in [-0.39, 0.29) is 10.6 Å². The van der Waals surface area contributed by atoms with Gasteiger partial charge in [-0.25, -0.2) is 18.4 Å². The largest absolute Gasteiger partial charge is 0.493 e. The topological polar surface area (TPSA) is 117 Å². The minimum Gasteiger partial charge on any atom is -0.493 e. The van der Waals surface area contributed by atoms with Gasteiger partial charge in [0.15, 0.2) is 21.3 Å². The van der Waals surface area contributed by atoms with Gasteiger partial charge in [0.2, 0.25) is 12.0 Å². The van der Waals surface area contributed by atoms with Crippen LogP contribution in [0.15, 0.2) is 35.5 Å². The zero-order chi connectivity index (χ0) is 26.4. The number of rotatable bonds is 7. The van der Waals surface area contributed by atoms with E-state index in [1.54, 1.807) is 13.0 Å². The molecule has 0 unspecified atom stereocenters. The maximum Gasteiger partial charge on any atom is 0.446 e. The fourth-order valence-electron chi connectivity index (χ4n) is 2.87. The van der Waals surface area contributed by atoms with Crippen molar-refractivity contribution in [2.45, 2.75) is 18.0 Å². The van der Waals surface area contributed by atoms with Gasteiger partial charge in [0.1, 0.15) is 12.1 Å². The van der Waals surface area contributed by atoms with Crippen LogP contribution in [0.1, 0.15) is 6.92 Å². The first kappa shape index (κ1) is 27.9. The molecule has 1 N–H and O–H groups in total. The Morgan fingerprint density at radius 3 is 2.20 bits per heavy atom. The zero-order valence-electron chi connectivity index (χ0n) is 18.9. The van der Waals surface area contributed by atoms with Crippen LogP contribution in [-0.4, -0.2) is 57.9 Å². The number of benzene rings is 2. The molecule has 0 bridgehead atoms. The van der Waals surface area contributed by atoms with Crippen LogP contribution in [0, 0.1) is 0 Å². The number of carbonyl (C=O) groups excluding carboxylic acids is 1. The van der Waals surface area contributed by atoms with Gasteiger partial charge < -0.3 is 19.5 Å². The lowest BCUT2D eigenvalue weighted by atomic mass is 10.1. The molecular formula is C21H21ClF3N3O6S. The molecule has 0 atom stereocenters. The van der Waals surface area contributed by atoms with Crippen LogP contribution < -0.4 is 19.5 Å². The Hall–Kier alpha value is -3.32. The number of alkyl halides is 3. The summed E-state index contributed by atoms with van der Waals surface area (Å²) in [6, 6.07) is 6.17. The lowest BCUT2D eigenvalue weighted by molar-refractivity contribution is -0.156. The van der Waals surface area contributed by atoms with E-state index in [0.29, 0.717) is 44.7 Å². The van der Waals surface area contributed by atoms with Crippen LogP contribution in [-0.2, 0) is 14.6 Å². The predicted molar refractivity (Wildman–Crippen MR) is 124 cm³/mol. The number of hydrogen-bond acceptors (Lipinski definition) is 9. The molecule has 190 valence electrons. The van der Waals surface area contributed by atoms with Crippen LogP contribution in [0.4, 0.5) is 24.7 Å². The number of halogens is 4. The first-order valence-electron chi connectivity index (χ1n) is 9.68. The van der Waals surface area contributed by atoms with Crippen molar-refractivity contribution in [1.82, 2.24) is 9.97 Å². The summed E-state index contributed by atoms with van der Waals surface area (Å²) in [5.74, 6) is 1.57. The van der Waals surface area contributed by atoms with E-state index in [1.165, 1.54) is 45.9 Å². The fraction of sp³-hybridized carbons (Fsp3) is 0.286. The molecule has 0 spiro atoms. The molecule has 3 rings (SSSR count). The molecule has 0 fully saturated rings. The lowest BCUT2D eigenvalue weighted by Gasteiger charge is -2.17. The second-order valence-corrected chi connectivity index (χ2v) is 9.28. The molecule has 14 heteroatoms. The second-order valence-electron chi connectivity index (χ2n) is 6.59. The Kier molecular flexibility index (Phi) is 9.10. The summed E-state index contributed by atoms with van der Waals surface area (Å²) in [6.45, 7) is 1.58. The number of aldehydes is 1. The van der Waals surface area contributed by atoms with E-state index < -0.39 is 22.3 Å². The van der Waals surface area contributed by atoms with Crippen molar-refractivity contribution in [1.29, 1.82) is 0 Å². The molecular weight excluding hydrogens is 515 g/mol. The smallest absolute Gasteiger partial charge is 0.446 e. The highest BCUT2D eigenvalue weighted by Crippen LogP contribution is 2.45. The average molecular weight is 536 g/mol. The van der Waals surface area contributed by atoms with Gasteiger partial charge in [-0.05, 0) is 18.2 Å². The summed E-state index contributed by atoms with van der Waals surface area (Å²) in [4.78, 5) is 17.4. The summed E-state index contributed by atoms with van der Waals surface area (Å²) in [6.07, 6.45) is -4.33. The SMILES string of the molecule is CCS(=O)(=O)c1ccc(Cl)c(Nc2ncnc3cc(OC)c(OC)c(OC)c23)c1.O=CC(F)(F)F. The van der Waals surface area contributed by atoms with Gasteiger partial charge in [-0.2, -0.15) is 13.2 Å². The van der Waals surface area contributed by atoms with Gasteiger partial charge in [0.25, 0.3) is 0 Å². The number of hydrogen-bond donors (Lipinski definition) is 1. The average Bonchev–Trinajstić information content (AvgIpc) is 2.83. The van der Waals surface area contributed by atoms with Crippen molar-refractivity contribution in [3.8, 4) is 17.2 Å². The Labute approximate surface area is 204 Å². The molecule has 0 aliphatic heterocycles. The Balaban J connectivity index is 0.000000641. The zero-order valence-corrected chi connectivity index (χ0v) is 20.5. The van der Waals surface area contributed by atoms with Gasteiger partial charge in [-0.1, -0.05) is 18.5 Å². The number of methoxy groups -OCH3 is 3. The summed E-state index contributed by atoms with van der Waals surface area (Å²) in [7, 11) is 1.11. The molecule has 2 aromatic carbocycles. The number of anilines is 2. The van der Waals surface area contributed by atoms with Crippen LogP contribution in [0.5, 0.6) is 17.2 Å². The number of nitrogens with one attached hydrogen (secondary N) is 1. The molecule has 1 heterocycles. The molecule has 9 nitrogen and oxygen atoms in total. The molecule has 0 aliphatic carbocycles. The van der Waals surface area contributed by atoms with Crippen molar-refractivity contribution in [2.24, 2.45) is 0 Å². The first-order valence-corrected chi connectivity index (χ1v) is 11.7. The lowest BCUT2D eigenvalue weighted by Crippen LogP contribution is -2.07. The molecule has 0 saturated carbocycles. The normalized spacial score (nSPS) is 11.3. The Morgan fingerprint density at radius 1 is 1.06 bits per heavy atom. The number of ether oxygens (including phenoxy) is 3. The van der Waals surface area contributed by atoms with E-state index in [4.69, 9.17) is 30.6 Å². The van der Waals surface area contributed by atoms with E-state index in [9.17, 15) is 21.6 Å². The predicted octanol–water partition coefficient (Wildman–Crippen LogP) is 4.59. The van der Waals surface area contributed by atoms with Gasteiger partial charge in [0, 0.05) is 6.07 Å². The third-order valence-corrected chi connectivity index (χ3v) is 6.56. The monoisotopic (exact) mass is 535 g/mol. The molecule has 1 aromatic heterocycles. The van der Waals surface area contributed by atoms with Gasteiger partial charge in [0.05, 0.1) is 53.6 Å². The first-order chi connectivity index (χ1) is 16.4. The molecule has 0 saturated heterocycles. The van der Waals surface area contributed by atoms with Crippen LogP contribution in [0.2, 0.25) is 5.02 Å². The maximum atomic E-state index is 12.2. The summed E-state index contributed by atoms with van der Waals surface area (Å²) < 4.78 is 72.1. The fourth-order valence-corrected chi connectivity index (χ4v) is 3.94. The van der Waals surface area contributed by atoms with Crippen molar-refractivity contribution in [3.05, 3.63) is 35.6 Å². The van der Waals surface area contributed by atoms with Crippen molar-refractivity contribution in [2.75, 3.05) is 32.4 Å². The number of nitrogens with zero attached hydrogens (tertiary/aromatic N) is 2. The molecule has 3 aromatic rings. The minimum absolute atomic E-state index is 0.0185. The van der Waals surface area contributed by atoms with Crippen LogP contribution in [0.25, 0.3) is 10.9 Å². The quantitative estimate of drug-likeness (QED) is 0.433. The molecule has 0 aliphatic rings. The Bertz CT molecular complexity index is 1320. The number of fused-ring (bicyclic) bond motifs is 1. The summed E-state index contributed by atoms with van der Waals surface area (Å²) in [5, 5.41) is 3.97. The number of carbonyl (C=O) groups is 1. The molecule has 35 heavy (non-hydrogen) atoms. The maximum absolute atomic E-state index is 12.2. The van der Waals surface area contributed by atoms with E-state index in [2.05, 4.69) is 15.3 Å². The highest BCUT2D eigenvalue weighted by atomic mass is 35.5. The highest BCUT2D eigenvalue weighted by Gasteiger charge is 2.25. The third kappa shape index (κ3) is 6.63. The van der Waals surface area contributed by atoms with Crippen molar-refractivity contribution in [3.63, 3.8) is 0 Å². The Morgan fingerprint density at radius 2 is 1.69 bits per heavy atom. The number of aromatic nitrogens is 2. The van der Waals surface area contributed by atoms with Crippen LogP contribution in [0.3, 0.4) is 0 Å². The summed E-state index contributed by atoms with van der Waals surface area (Å²) >= 11 is 6.29. The van der Waals surface area contributed by atoms with Gasteiger partial charge in [-0.15, -0.1) is 0 Å². The second kappa shape index (κ2) is 11.4. The van der Waals surface area contributed by atoms with Gasteiger partial charge in [-0.3, -0.25) is 4.79 Å². The van der Waals surface area contributed by atoms with E-state index in [1.807, 2.05) is 0 Å². The third-order valence-electron chi connectivity index (χ3n) is 4.49. The number of sulfone groups is 1.